The van der Waals surface area contributed by atoms with E-state index in [2.05, 4.69) is 10.2 Å². The lowest BCUT2D eigenvalue weighted by Crippen LogP contribution is -2.46. The highest BCUT2D eigenvalue weighted by Gasteiger charge is 2.21. The number of hydrogen-bond donors (Lipinski definition) is 3. The maximum absolute atomic E-state index is 9.52. The predicted octanol–water partition coefficient (Wildman–Crippen LogP) is 0.984. The van der Waals surface area contributed by atoms with Crippen LogP contribution in [0.25, 0.3) is 0 Å². The summed E-state index contributed by atoms with van der Waals surface area (Å²) in [6, 6.07) is 5.06. The molecule has 4 nitrogen and oxygen atoms in total. The van der Waals surface area contributed by atoms with Gasteiger partial charge >= 0.3 is 0 Å². The number of phenolic OH excluding ortho intramolecular Hbond substituents is 1. The maximum Gasteiger partial charge on any atom is 0.134 e. The first-order valence-corrected chi connectivity index (χ1v) is 6.14. The van der Waals surface area contributed by atoms with Crippen LogP contribution < -0.4 is 5.32 Å². The number of rotatable bonds is 3. The molecule has 1 heterocycles. The van der Waals surface area contributed by atoms with Gasteiger partial charge < -0.3 is 15.5 Å². The van der Waals surface area contributed by atoms with Crippen molar-refractivity contribution in [2.24, 2.45) is 0 Å². The van der Waals surface area contributed by atoms with E-state index in [-0.39, 0.29) is 18.4 Å². The van der Waals surface area contributed by atoms with E-state index in [1.807, 2.05) is 6.07 Å². The standard InChI is InChI=1S/C12H17ClN2O2/c13-10-7-9(1-2-12(10)17)11(8-16)15-5-3-14-4-6-15/h1-2,7,11,14,16-17H,3-6,8H2/t11-/m1/s1. The molecule has 0 aliphatic carbocycles. The van der Waals surface area contributed by atoms with E-state index in [0.29, 0.717) is 5.02 Å². The van der Waals surface area contributed by atoms with Gasteiger partial charge in [0.2, 0.25) is 0 Å². The number of aliphatic hydroxyl groups is 1. The molecule has 0 amide bonds. The molecule has 1 aliphatic rings. The second-order valence-electron chi connectivity index (χ2n) is 4.20. The SMILES string of the molecule is OC[C@H](c1ccc(O)c(Cl)c1)N1CCNCC1. The van der Waals surface area contributed by atoms with Gasteiger partial charge in [-0.25, -0.2) is 0 Å². The molecule has 0 unspecified atom stereocenters. The highest BCUT2D eigenvalue weighted by Crippen LogP contribution is 2.29. The number of nitrogens with zero attached hydrogens (tertiary/aromatic N) is 1. The fraction of sp³-hybridized carbons (Fsp3) is 0.500. The number of hydrogen-bond acceptors (Lipinski definition) is 4. The van der Waals surface area contributed by atoms with Gasteiger partial charge in [0.25, 0.3) is 0 Å². The lowest BCUT2D eigenvalue weighted by atomic mass is 10.1. The van der Waals surface area contributed by atoms with Crippen molar-refractivity contribution in [2.75, 3.05) is 32.8 Å². The van der Waals surface area contributed by atoms with Gasteiger partial charge in [-0.05, 0) is 17.7 Å². The molecule has 94 valence electrons. The van der Waals surface area contributed by atoms with Crippen LogP contribution in [-0.4, -0.2) is 47.9 Å². The molecule has 1 fully saturated rings. The van der Waals surface area contributed by atoms with Gasteiger partial charge in [-0.15, -0.1) is 0 Å². The lowest BCUT2D eigenvalue weighted by Gasteiger charge is -2.34. The van der Waals surface area contributed by atoms with Crippen LogP contribution in [0, 0.1) is 0 Å². The fourth-order valence-corrected chi connectivity index (χ4v) is 2.34. The molecule has 0 radical (unpaired) electrons. The van der Waals surface area contributed by atoms with Gasteiger partial charge in [0.05, 0.1) is 17.7 Å². The second-order valence-corrected chi connectivity index (χ2v) is 4.60. The number of piperazine rings is 1. The second kappa shape index (κ2) is 5.69. The quantitative estimate of drug-likeness (QED) is 0.755. The Labute approximate surface area is 106 Å². The summed E-state index contributed by atoms with van der Waals surface area (Å²) in [5.41, 5.74) is 0.942. The number of halogens is 1. The third-order valence-corrected chi connectivity index (χ3v) is 3.42. The third-order valence-electron chi connectivity index (χ3n) is 3.12. The first-order valence-electron chi connectivity index (χ1n) is 5.76. The highest BCUT2D eigenvalue weighted by molar-refractivity contribution is 6.32. The third kappa shape index (κ3) is 2.90. The van der Waals surface area contributed by atoms with Crippen molar-refractivity contribution < 1.29 is 10.2 Å². The topological polar surface area (TPSA) is 55.7 Å². The van der Waals surface area contributed by atoms with Crippen molar-refractivity contribution in [3.63, 3.8) is 0 Å². The van der Waals surface area contributed by atoms with E-state index in [1.165, 1.54) is 0 Å². The molecule has 1 aromatic rings. The van der Waals surface area contributed by atoms with Crippen LogP contribution in [0.2, 0.25) is 5.02 Å². The molecule has 1 aliphatic heterocycles. The fourth-order valence-electron chi connectivity index (χ4n) is 2.16. The molecule has 1 saturated heterocycles. The monoisotopic (exact) mass is 256 g/mol. The zero-order valence-electron chi connectivity index (χ0n) is 9.56. The number of benzene rings is 1. The van der Waals surface area contributed by atoms with Gasteiger partial charge in [0.1, 0.15) is 5.75 Å². The van der Waals surface area contributed by atoms with Gasteiger partial charge in [-0.2, -0.15) is 0 Å². The first-order chi connectivity index (χ1) is 8.22. The van der Waals surface area contributed by atoms with E-state index < -0.39 is 0 Å². The molecule has 1 aromatic carbocycles. The van der Waals surface area contributed by atoms with Gasteiger partial charge in [-0.3, -0.25) is 4.90 Å². The van der Waals surface area contributed by atoms with Crippen molar-refractivity contribution >= 4 is 11.6 Å². The van der Waals surface area contributed by atoms with Crippen molar-refractivity contribution in [3.8, 4) is 5.75 Å². The van der Waals surface area contributed by atoms with Crippen LogP contribution in [-0.2, 0) is 0 Å². The van der Waals surface area contributed by atoms with E-state index in [9.17, 15) is 10.2 Å². The molecule has 0 aromatic heterocycles. The summed E-state index contributed by atoms with van der Waals surface area (Å²) in [5.74, 6) is 0.0763. The van der Waals surface area contributed by atoms with Crippen molar-refractivity contribution in [1.29, 1.82) is 0 Å². The summed E-state index contributed by atoms with van der Waals surface area (Å²) >= 11 is 5.89. The van der Waals surface area contributed by atoms with Crippen LogP contribution in [0.1, 0.15) is 11.6 Å². The summed E-state index contributed by atoms with van der Waals surface area (Å²) in [4.78, 5) is 2.22. The molecular formula is C12H17ClN2O2. The Kier molecular flexibility index (Phi) is 4.23. The molecule has 5 heteroatoms. The molecule has 3 N–H and O–H groups in total. The molecule has 17 heavy (non-hydrogen) atoms. The van der Waals surface area contributed by atoms with Crippen LogP contribution in [0.5, 0.6) is 5.75 Å². The lowest BCUT2D eigenvalue weighted by molar-refractivity contribution is 0.111. The van der Waals surface area contributed by atoms with Crippen LogP contribution in [0.4, 0.5) is 0 Å². The van der Waals surface area contributed by atoms with Crippen LogP contribution in [0.15, 0.2) is 18.2 Å². The zero-order valence-corrected chi connectivity index (χ0v) is 10.3. The molecule has 2 rings (SSSR count). The largest absolute Gasteiger partial charge is 0.506 e. The Hall–Kier alpha value is -0.810. The Morgan fingerprint density at radius 3 is 2.65 bits per heavy atom. The van der Waals surface area contributed by atoms with E-state index in [4.69, 9.17) is 11.6 Å². The Bertz CT molecular complexity index is 381. The normalized spacial score (nSPS) is 19.2. The summed E-state index contributed by atoms with van der Waals surface area (Å²) in [5, 5.41) is 22.5. The maximum atomic E-state index is 9.52. The molecular weight excluding hydrogens is 240 g/mol. The average molecular weight is 257 g/mol. The van der Waals surface area contributed by atoms with Crippen LogP contribution >= 0.6 is 11.6 Å². The Balaban J connectivity index is 2.18. The molecule has 0 bridgehead atoms. The van der Waals surface area contributed by atoms with Gasteiger partial charge in [0.15, 0.2) is 0 Å². The number of phenols is 1. The molecule has 1 atom stereocenters. The average Bonchev–Trinajstić information content (AvgIpc) is 2.36. The zero-order chi connectivity index (χ0) is 12.3. The van der Waals surface area contributed by atoms with Gasteiger partial charge in [0, 0.05) is 26.2 Å². The summed E-state index contributed by atoms with van der Waals surface area (Å²) in [6.45, 7) is 3.74. The van der Waals surface area contributed by atoms with E-state index in [0.717, 1.165) is 31.7 Å². The van der Waals surface area contributed by atoms with Crippen molar-refractivity contribution in [2.45, 2.75) is 6.04 Å². The van der Waals surface area contributed by atoms with Crippen molar-refractivity contribution in [1.82, 2.24) is 10.2 Å². The molecule has 0 saturated carbocycles. The summed E-state index contributed by atoms with van der Waals surface area (Å²) in [7, 11) is 0. The number of aliphatic hydroxyl groups excluding tert-OH is 1. The Morgan fingerprint density at radius 2 is 2.06 bits per heavy atom. The Morgan fingerprint density at radius 1 is 1.35 bits per heavy atom. The van der Waals surface area contributed by atoms with Crippen molar-refractivity contribution in [3.05, 3.63) is 28.8 Å². The minimum atomic E-state index is -0.0461. The summed E-state index contributed by atoms with van der Waals surface area (Å²) in [6.07, 6.45) is 0. The van der Waals surface area contributed by atoms with E-state index >= 15 is 0 Å². The first kappa shape index (κ1) is 12.6. The number of aromatic hydroxyl groups is 1. The minimum absolute atomic E-state index is 0.0461. The summed E-state index contributed by atoms with van der Waals surface area (Å²) < 4.78 is 0. The van der Waals surface area contributed by atoms with Gasteiger partial charge in [-0.1, -0.05) is 17.7 Å². The predicted molar refractivity (Wildman–Crippen MR) is 67.4 cm³/mol. The van der Waals surface area contributed by atoms with Crippen LogP contribution in [0.3, 0.4) is 0 Å². The molecule has 0 spiro atoms. The van der Waals surface area contributed by atoms with E-state index in [1.54, 1.807) is 12.1 Å². The number of nitrogens with one attached hydrogen (secondary N) is 1. The highest BCUT2D eigenvalue weighted by atomic mass is 35.5. The minimum Gasteiger partial charge on any atom is -0.506 e. The smallest absolute Gasteiger partial charge is 0.134 e.